The van der Waals surface area contributed by atoms with Crippen LogP contribution in [0.25, 0.3) is 21.9 Å². The maximum atomic E-state index is 13.5. The lowest BCUT2D eigenvalue weighted by Crippen LogP contribution is -2.35. The Hall–Kier alpha value is -3.33. The number of piperidine rings is 1. The standard InChI is InChI=1S/C23H24F2N6O/c1-23(24,25)21-28-18-6-4-15(11-20(18)29-21)27-22-26-13-14-3-5-17(12-19(14)30-22)32-16-7-9-31(2)10-8-16/h3-6,11-13,16H,7-10H2,1-2H3,(H,28,29)(H,26,27,30). The number of H-pyrrole nitrogens is 1. The third-order valence-electron chi connectivity index (χ3n) is 5.68. The summed E-state index contributed by atoms with van der Waals surface area (Å²) < 4.78 is 33.3. The Morgan fingerprint density at radius 1 is 1.09 bits per heavy atom. The number of anilines is 2. The number of aromatic nitrogens is 4. The Kier molecular flexibility index (Phi) is 5.13. The van der Waals surface area contributed by atoms with Crippen LogP contribution in [-0.2, 0) is 5.92 Å². The van der Waals surface area contributed by atoms with Gasteiger partial charge in [0.15, 0.2) is 5.82 Å². The lowest BCUT2D eigenvalue weighted by atomic mass is 10.1. The zero-order chi connectivity index (χ0) is 22.3. The molecule has 0 bridgehead atoms. The van der Waals surface area contributed by atoms with Crippen LogP contribution < -0.4 is 10.1 Å². The zero-order valence-corrected chi connectivity index (χ0v) is 17.9. The van der Waals surface area contributed by atoms with Crippen molar-refractivity contribution in [2.24, 2.45) is 0 Å². The van der Waals surface area contributed by atoms with E-state index in [2.05, 4.69) is 37.2 Å². The minimum atomic E-state index is -3.03. The van der Waals surface area contributed by atoms with Crippen molar-refractivity contribution >= 4 is 33.6 Å². The summed E-state index contributed by atoms with van der Waals surface area (Å²) in [6.07, 6.45) is 3.97. The quantitative estimate of drug-likeness (QED) is 0.465. The first-order chi connectivity index (χ1) is 15.3. The SMILES string of the molecule is CN1CCC(Oc2ccc3cnc(Nc4ccc5nc(C(C)(F)F)[nH]c5c4)nc3c2)CC1. The van der Waals surface area contributed by atoms with Crippen molar-refractivity contribution in [2.75, 3.05) is 25.5 Å². The van der Waals surface area contributed by atoms with Gasteiger partial charge in [0.25, 0.3) is 0 Å². The summed E-state index contributed by atoms with van der Waals surface area (Å²) in [5.74, 6) is -2.18. The molecule has 2 aromatic carbocycles. The normalized spacial score (nSPS) is 16.0. The molecule has 32 heavy (non-hydrogen) atoms. The van der Waals surface area contributed by atoms with Crippen molar-refractivity contribution in [3.05, 3.63) is 48.4 Å². The van der Waals surface area contributed by atoms with Crippen molar-refractivity contribution in [1.29, 1.82) is 0 Å². The van der Waals surface area contributed by atoms with E-state index in [-0.39, 0.29) is 11.9 Å². The Balaban J connectivity index is 1.36. The third kappa shape index (κ3) is 4.34. The molecule has 0 amide bonds. The highest BCUT2D eigenvalue weighted by molar-refractivity contribution is 5.82. The molecule has 2 N–H and O–H groups in total. The lowest BCUT2D eigenvalue weighted by molar-refractivity contribution is 0.00890. The lowest BCUT2D eigenvalue weighted by Gasteiger charge is -2.29. The highest BCUT2D eigenvalue weighted by Crippen LogP contribution is 2.28. The second kappa shape index (κ2) is 7.98. The van der Waals surface area contributed by atoms with Crippen molar-refractivity contribution in [1.82, 2.24) is 24.8 Å². The predicted molar refractivity (Wildman–Crippen MR) is 120 cm³/mol. The number of nitrogens with zero attached hydrogens (tertiary/aromatic N) is 4. The Labute approximate surface area is 183 Å². The van der Waals surface area contributed by atoms with E-state index in [0.717, 1.165) is 49.5 Å². The number of likely N-dealkylation sites (tertiary alicyclic amines) is 1. The van der Waals surface area contributed by atoms with Crippen LogP contribution in [0.3, 0.4) is 0 Å². The first-order valence-electron chi connectivity index (χ1n) is 10.6. The van der Waals surface area contributed by atoms with Crippen LogP contribution in [0.4, 0.5) is 20.4 Å². The minimum Gasteiger partial charge on any atom is -0.490 e. The van der Waals surface area contributed by atoms with Gasteiger partial charge in [-0.25, -0.2) is 15.0 Å². The molecule has 0 saturated carbocycles. The molecule has 0 aliphatic carbocycles. The van der Waals surface area contributed by atoms with Gasteiger partial charge >= 0.3 is 5.92 Å². The first-order valence-corrected chi connectivity index (χ1v) is 10.6. The summed E-state index contributed by atoms with van der Waals surface area (Å²) in [6, 6.07) is 11.0. The predicted octanol–water partition coefficient (Wildman–Crippen LogP) is 4.83. The molecule has 4 aromatic rings. The number of nitrogens with one attached hydrogen (secondary N) is 2. The fourth-order valence-corrected chi connectivity index (χ4v) is 3.86. The van der Waals surface area contributed by atoms with Gasteiger partial charge in [0.2, 0.25) is 5.95 Å². The van der Waals surface area contributed by atoms with E-state index < -0.39 is 5.92 Å². The molecule has 7 nitrogen and oxygen atoms in total. The summed E-state index contributed by atoms with van der Waals surface area (Å²) >= 11 is 0. The van der Waals surface area contributed by atoms with E-state index in [1.165, 1.54) is 0 Å². The molecule has 1 aliphatic heterocycles. The average molecular weight is 438 g/mol. The molecule has 0 atom stereocenters. The fourth-order valence-electron chi connectivity index (χ4n) is 3.86. The Bertz CT molecular complexity index is 1260. The van der Waals surface area contributed by atoms with Crippen molar-refractivity contribution in [3.63, 3.8) is 0 Å². The molecular weight excluding hydrogens is 414 g/mol. The van der Waals surface area contributed by atoms with Gasteiger partial charge in [-0.3, -0.25) is 0 Å². The second-order valence-electron chi connectivity index (χ2n) is 8.37. The van der Waals surface area contributed by atoms with Crippen molar-refractivity contribution in [3.8, 4) is 5.75 Å². The highest BCUT2D eigenvalue weighted by atomic mass is 19.3. The van der Waals surface area contributed by atoms with Crippen molar-refractivity contribution in [2.45, 2.75) is 31.8 Å². The maximum absolute atomic E-state index is 13.5. The van der Waals surface area contributed by atoms with Gasteiger partial charge in [0, 0.05) is 43.4 Å². The van der Waals surface area contributed by atoms with Gasteiger partial charge in [0.1, 0.15) is 11.9 Å². The number of ether oxygens (including phenoxy) is 1. The molecule has 9 heteroatoms. The maximum Gasteiger partial charge on any atom is 0.301 e. The number of hydrogen-bond acceptors (Lipinski definition) is 6. The highest BCUT2D eigenvalue weighted by Gasteiger charge is 2.28. The molecule has 166 valence electrons. The molecule has 1 saturated heterocycles. The van der Waals surface area contributed by atoms with Crippen molar-refractivity contribution < 1.29 is 13.5 Å². The molecule has 1 aliphatic rings. The summed E-state index contributed by atoms with van der Waals surface area (Å²) in [5, 5.41) is 4.05. The van der Waals surface area contributed by atoms with E-state index in [1.807, 2.05) is 18.2 Å². The molecule has 0 unspecified atom stereocenters. The molecule has 3 heterocycles. The molecule has 0 radical (unpaired) electrons. The zero-order valence-electron chi connectivity index (χ0n) is 17.9. The number of fused-ring (bicyclic) bond motifs is 2. The summed E-state index contributed by atoms with van der Waals surface area (Å²) in [6.45, 7) is 2.89. The number of imidazole rings is 1. The second-order valence-corrected chi connectivity index (χ2v) is 8.37. The van der Waals surface area contributed by atoms with E-state index in [1.54, 1.807) is 24.4 Å². The molecular formula is C23H24F2N6O. The summed E-state index contributed by atoms with van der Waals surface area (Å²) in [4.78, 5) is 17.9. The Morgan fingerprint density at radius 2 is 1.91 bits per heavy atom. The van der Waals surface area contributed by atoms with Gasteiger partial charge in [-0.15, -0.1) is 0 Å². The summed E-state index contributed by atoms with van der Waals surface area (Å²) in [5.41, 5.74) is 2.43. The number of halogens is 2. The molecule has 0 spiro atoms. The number of alkyl halides is 2. The fraction of sp³-hybridized carbons (Fsp3) is 0.348. The van der Waals surface area contributed by atoms with Crippen LogP contribution in [0.5, 0.6) is 5.75 Å². The van der Waals surface area contributed by atoms with Crippen LogP contribution in [0.2, 0.25) is 0 Å². The molecule has 2 aromatic heterocycles. The van der Waals surface area contributed by atoms with E-state index in [4.69, 9.17) is 4.74 Å². The van der Waals surface area contributed by atoms with Gasteiger partial charge in [-0.2, -0.15) is 8.78 Å². The van der Waals surface area contributed by atoms with Gasteiger partial charge in [-0.1, -0.05) is 0 Å². The van der Waals surface area contributed by atoms with Crippen LogP contribution >= 0.6 is 0 Å². The minimum absolute atomic E-state index is 0.213. The van der Waals surface area contributed by atoms with Gasteiger partial charge < -0.3 is 19.9 Å². The van der Waals surface area contributed by atoms with Gasteiger partial charge in [0.05, 0.1) is 16.6 Å². The molecule has 5 rings (SSSR count). The topological polar surface area (TPSA) is 79.0 Å². The van der Waals surface area contributed by atoms with E-state index in [0.29, 0.717) is 22.7 Å². The van der Waals surface area contributed by atoms with Crippen LogP contribution in [0, 0.1) is 0 Å². The molecule has 1 fully saturated rings. The van der Waals surface area contributed by atoms with Crippen LogP contribution in [-0.4, -0.2) is 51.1 Å². The average Bonchev–Trinajstić information content (AvgIpc) is 3.19. The smallest absolute Gasteiger partial charge is 0.301 e. The third-order valence-corrected chi connectivity index (χ3v) is 5.68. The summed E-state index contributed by atoms with van der Waals surface area (Å²) in [7, 11) is 2.12. The first kappa shape index (κ1) is 20.6. The van der Waals surface area contributed by atoms with Gasteiger partial charge in [-0.05, 0) is 50.2 Å². The Morgan fingerprint density at radius 3 is 2.69 bits per heavy atom. The number of hydrogen-bond donors (Lipinski definition) is 2. The number of benzene rings is 2. The van der Waals surface area contributed by atoms with Crippen LogP contribution in [0.1, 0.15) is 25.6 Å². The number of rotatable bonds is 5. The largest absolute Gasteiger partial charge is 0.490 e. The monoisotopic (exact) mass is 438 g/mol. The van der Waals surface area contributed by atoms with E-state index in [9.17, 15) is 8.78 Å². The van der Waals surface area contributed by atoms with Crippen LogP contribution in [0.15, 0.2) is 42.6 Å². The number of aromatic amines is 1. The van der Waals surface area contributed by atoms with E-state index >= 15 is 0 Å².